The topological polar surface area (TPSA) is 25.8 Å². The molecule has 2 aliphatic rings. The molecular weight excluding hydrogens is 1100 g/mol. The van der Waals surface area contributed by atoms with E-state index in [0.717, 1.165) is 104 Å². The molecule has 2 nitrogen and oxygen atoms in total. The van der Waals surface area contributed by atoms with E-state index in [9.17, 15) is 0 Å². The van der Waals surface area contributed by atoms with Gasteiger partial charge in [-0.05, 0) is 130 Å². The van der Waals surface area contributed by atoms with E-state index in [1.807, 2.05) is 18.2 Å². The molecular formula is C82H51F3N2S. The van der Waals surface area contributed by atoms with E-state index in [-0.39, 0.29) is 5.56 Å². The molecule has 6 heteroatoms. The molecule has 2 aliphatic carbocycles. The first kappa shape index (κ1) is 51.9. The number of fused-ring (bicyclic) bond motifs is 13. The summed E-state index contributed by atoms with van der Waals surface area (Å²) >= 11 is 1.72. The minimum absolute atomic E-state index is 0.103. The van der Waals surface area contributed by atoms with Crippen LogP contribution in [0.3, 0.4) is 0 Å². The molecule has 2 heterocycles. The molecule has 416 valence electrons. The standard InChI is InChI=1S/C82H51F3N2S/c1-50-24-14-15-33-57(50)51-44-46-59-60-47-45-52(58-34-16-21-41-69(58)82(83,84)85)49-66(60)75-74(65(59)48-51)86-76-77(87-75)79(64-38-23-43-71-73(64)62-36-18-20-40-68(62)81(71,55-29-10-4-11-30-55)56-31-12-5-13-32-56)88-78(76)63-37-22-42-70-72(63)61-35-17-19-39-67(61)80(70,53-25-6-2-7-26-53)54-27-8-3-9-28-54/h2-49H,1H3. The first-order chi connectivity index (χ1) is 43.2. The number of rotatable bonds is 8. The number of thiophene rings is 1. The van der Waals surface area contributed by atoms with Crippen molar-refractivity contribution in [2.24, 2.45) is 0 Å². The average Bonchev–Trinajstić information content (AvgIpc) is 1.55. The van der Waals surface area contributed by atoms with E-state index in [0.29, 0.717) is 22.1 Å². The van der Waals surface area contributed by atoms with Crippen LogP contribution in [-0.4, -0.2) is 9.97 Å². The third-order valence-electron chi connectivity index (χ3n) is 18.8. The van der Waals surface area contributed by atoms with E-state index < -0.39 is 22.6 Å². The summed E-state index contributed by atoms with van der Waals surface area (Å²) in [7, 11) is 0. The number of alkyl halides is 3. The Bertz CT molecular complexity index is 5240. The van der Waals surface area contributed by atoms with Gasteiger partial charge in [0.15, 0.2) is 0 Å². The minimum Gasteiger partial charge on any atom is -0.242 e. The zero-order valence-corrected chi connectivity index (χ0v) is 48.5. The second kappa shape index (κ2) is 19.8. The van der Waals surface area contributed by atoms with Gasteiger partial charge < -0.3 is 0 Å². The highest BCUT2D eigenvalue weighted by Crippen LogP contribution is 2.62. The number of halogens is 3. The van der Waals surface area contributed by atoms with Crippen LogP contribution in [-0.2, 0) is 17.0 Å². The molecule has 0 bridgehead atoms. The van der Waals surface area contributed by atoms with Crippen molar-refractivity contribution >= 4 is 54.9 Å². The Labute approximate surface area is 511 Å². The molecule has 0 fully saturated rings. The molecule has 0 saturated carbocycles. The van der Waals surface area contributed by atoms with Crippen molar-refractivity contribution in [3.05, 3.63) is 347 Å². The molecule has 0 radical (unpaired) electrons. The Morgan fingerprint density at radius 2 is 0.659 bits per heavy atom. The molecule has 15 aromatic rings. The van der Waals surface area contributed by atoms with Crippen LogP contribution in [0.15, 0.2) is 291 Å². The molecule has 0 N–H and O–H groups in total. The second-order valence-electron chi connectivity index (χ2n) is 23.3. The van der Waals surface area contributed by atoms with E-state index in [4.69, 9.17) is 9.97 Å². The molecule has 13 aromatic carbocycles. The Hall–Kier alpha value is -10.5. The highest BCUT2D eigenvalue weighted by molar-refractivity contribution is 7.21. The van der Waals surface area contributed by atoms with Crippen LogP contribution in [0.2, 0.25) is 0 Å². The predicted molar refractivity (Wildman–Crippen MR) is 356 cm³/mol. The summed E-state index contributed by atoms with van der Waals surface area (Å²) in [6.45, 7) is 2.13. The van der Waals surface area contributed by atoms with Gasteiger partial charge in [0.25, 0.3) is 0 Å². The fraction of sp³-hybridized carbons (Fsp3) is 0.0488. The average molecular weight is 1150 g/mol. The SMILES string of the molecule is Cc1ccccc1-c1ccc2c3ccc(-c4ccccc4C(F)(F)F)cc3c3nc4c(-c5cccc6c5-c5ccccc5C6(c5ccccc5)c5ccccc5)sc(-c5cccc6c5-c5ccccc5C6(c5ccccc5)c5ccccc5)c4nc3c2c1. The van der Waals surface area contributed by atoms with Gasteiger partial charge in [-0.15, -0.1) is 11.3 Å². The van der Waals surface area contributed by atoms with Gasteiger partial charge in [-0.2, -0.15) is 13.2 Å². The second-order valence-corrected chi connectivity index (χ2v) is 24.3. The summed E-state index contributed by atoms with van der Waals surface area (Å²) in [5.74, 6) is 0. The van der Waals surface area contributed by atoms with Gasteiger partial charge in [0.1, 0.15) is 11.0 Å². The molecule has 0 saturated heterocycles. The third-order valence-corrected chi connectivity index (χ3v) is 20.1. The largest absolute Gasteiger partial charge is 0.417 e. The Morgan fingerprint density at radius 3 is 1.09 bits per heavy atom. The lowest BCUT2D eigenvalue weighted by Gasteiger charge is -2.34. The summed E-state index contributed by atoms with van der Waals surface area (Å²) in [4.78, 5) is 14.0. The lowest BCUT2D eigenvalue weighted by Crippen LogP contribution is -2.28. The zero-order chi connectivity index (χ0) is 58.9. The van der Waals surface area contributed by atoms with Crippen molar-refractivity contribution in [1.29, 1.82) is 0 Å². The molecule has 0 unspecified atom stereocenters. The molecule has 0 spiro atoms. The van der Waals surface area contributed by atoms with Gasteiger partial charge in [-0.3, -0.25) is 0 Å². The van der Waals surface area contributed by atoms with Crippen molar-refractivity contribution < 1.29 is 13.2 Å². The van der Waals surface area contributed by atoms with Gasteiger partial charge in [-0.1, -0.05) is 273 Å². The van der Waals surface area contributed by atoms with E-state index in [2.05, 4.69) is 256 Å². The monoisotopic (exact) mass is 1150 g/mol. The van der Waals surface area contributed by atoms with Crippen molar-refractivity contribution in [1.82, 2.24) is 9.97 Å². The quantitative estimate of drug-likeness (QED) is 0.142. The van der Waals surface area contributed by atoms with Crippen LogP contribution in [0, 0.1) is 6.92 Å². The van der Waals surface area contributed by atoms with Crippen LogP contribution in [0.1, 0.15) is 55.6 Å². The Balaban J connectivity index is 1.03. The normalized spacial score (nSPS) is 13.6. The van der Waals surface area contributed by atoms with E-state index >= 15 is 13.2 Å². The maximum Gasteiger partial charge on any atom is 0.417 e. The summed E-state index contributed by atoms with van der Waals surface area (Å²) in [5, 5.41) is 3.43. The van der Waals surface area contributed by atoms with Gasteiger partial charge >= 0.3 is 6.18 Å². The fourth-order valence-corrected chi connectivity index (χ4v) is 16.5. The first-order valence-corrected chi connectivity index (χ1v) is 30.6. The number of hydrogen-bond acceptors (Lipinski definition) is 3. The van der Waals surface area contributed by atoms with Gasteiger partial charge in [0.05, 0.1) is 37.2 Å². The number of aryl methyl sites for hydroxylation is 1. The predicted octanol–water partition coefficient (Wildman–Crippen LogP) is 21.9. The number of benzene rings is 13. The number of nitrogens with zero attached hydrogens (tertiary/aromatic N) is 2. The Kier molecular flexibility index (Phi) is 11.6. The maximum atomic E-state index is 15.0. The van der Waals surface area contributed by atoms with Gasteiger partial charge in [0.2, 0.25) is 0 Å². The summed E-state index contributed by atoms with van der Waals surface area (Å²) in [6.07, 6.45) is -4.58. The summed E-state index contributed by atoms with van der Waals surface area (Å²) in [6, 6.07) is 101. The smallest absolute Gasteiger partial charge is 0.242 e. The lowest BCUT2D eigenvalue weighted by atomic mass is 9.67. The highest BCUT2D eigenvalue weighted by atomic mass is 32.1. The molecule has 0 aliphatic heterocycles. The van der Waals surface area contributed by atoms with Crippen molar-refractivity contribution in [3.63, 3.8) is 0 Å². The lowest BCUT2D eigenvalue weighted by molar-refractivity contribution is -0.137. The molecule has 0 atom stereocenters. The van der Waals surface area contributed by atoms with Crippen LogP contribution in [0.4, 0.5) is 13.2 Å². The molecule has 88 heavy (non-hydrogen) atoms. The Morgan fingerprint density at radius 1 is 0.307 bits per heavy atom. The fourth-order valence-electron chi connectivity index (χ4n) is 15.2. The molecule has 2 aromatic heterocycles. The number of aromatic nitrogens is 2. The van der Waals surface area contributed by atoms with Crippen molar-refractivity contribution in [2.45, 2.75) is 23.9 Å². The van der Waals surface area contributed by atoms with E-state index in [1.54, 1.807) is 23.5 Å². The zero-order valence-electron chi connectivity index (χ0n) is 47.6. The van der Waals surface area contributed by atoms with Gasteiger partial charge in [-0.25, -0.2) is 9.97 Å². The molecule has 17 rings (SSSR count). The van der Waals surface area contributed by atoms with E-state index in [1.165, 1.54) is 39.4 Å². The maximum absolute atomic E-state index is 15.0. The summed E-state index contributed by atoms with van der Waals surface area (Å²) < 4.78 is 45.1. The van der Waals surface area contributed by atoms with Crippen LogP contribution in [0.5, 0.6) is 0 Å². The van der Waals surface area contributed by atoms with Crippen molar-refractivity contribution in [3.8, 4) is 65.4 Å². The summed E-state index contributed by atoms with van der Waals surface area (Å²) in [5.41, 5.74) is 20.5. The van der Waals surface area contributed by atoms with Gasteiger partial charge in [0, 0.05) is 21.9 Å². The van der Waals surface area contributed by atoms with Crippen LogP contribution in [0.25, 0.3) is 109 Å². The van der Waals surface area contributed by atoms with Crippen LogP contribution < -0.4 is 0 Å². The van der Waals surface area contributed by atoms with Crippen LogP contribution >= 0.6 is 11.3 Å². The highest BCUT2D eigenvalue weighted by Gasteiger charge is 2.49. The van der Waals surface area contributed by atoms with Crippen molar-refractivity contribution in [2.75, 3.05) is 0 Å². The first-order valence-electron chi connectivity index (χ1n) is 29.8. The number of hydrogen-bond donors (Lipinski definition) is 0. The minimum atomic E-state index is -4.58. The molecule has 0 amide bonds. The third kappa shape index (κ3) is 7.42.